The number of pyridine rings is 2. The number of carbonyl (C=O) groups is 1. The number of benzene rings is 3. The molecular formula is C28H25ClN6O. The summed E-state index contributed by atoms with van der Waals surface area (Å²) in [5.74, 6) is -0.165. The van der Waals surface area contributed by atoms with E-state index in [1.807, 2.05) is 96.8 Å². The van der Waals surface area contributed by atoms with Crippen molar-refractivity contribution in [2.24, 2.45) is 7.05 Å². The average Bonchev–Trinajstić information content (AvgIpc) is 2.87. The van der Waals surface area contributed by atoms with Crippen LogP contribution in [0.25, 0.3) is 10.9 Å². The smallest absolute Gasteiger partial charge is 0.255 e. The molecule has 0 unspecified atom stereocenters. The number of nitrogens with zero attached hydrogens (tertiary/aromatic N) is 2. The molecule has 3 aromatic carbocycles. The lowest BCUT2D eigenvalue weighted by Gasteiger charge is -2.11. The first-order chi connectivity index (χ1) is 17.0. The predicted molar refractivity (Wildman–Crippen MR) is 141 cm³/mol. The molecule has 0 saturated carbocycles. The molecule has 0 fully saturated rings. The summed E-state index contributed by atoms with van der Waals surface area (Å²) in [5.41, 5.74) is 12.4. The number of aryl methyl sites for hydroxylation is 1. The van der Waals surface area contributed by atoms with Crippen LogP contribution in [0.4, 0.5) is 34.1 Å². The first-order valence-electron chi connectivity index (χ1n) is 11.2. The summed E-state index contributed by atoms with van der Waals surface area (Å²) < 4.78 is 1.97. The van der Waals surface area contributed by atoms with E-state index in [1.165, 1.54) is 0 Å². The van der Waals surface area contributed by atoms with Crippen LogP contribution in [-0.4, -0.2) is 10.9 Å². The van der Waals surface area contributed by atoms with Crippen molar-refractivity contribution in [2.45, 2.75) is 0 Å². The van der Waals surface area contributed by atoms with Crippen molar-refractivity contribution < 1.29 is 21.8 Å². The number of amides is 1. The van der Waals surface area contributed by atoms with Gasteiger partial charge in [-0.3, -0.25) is 9.78 Å². The van der Waals surface area contributed by atoms with Crippen LogP contribution in [0, 0.1) is 0 Å². The Morgan fingerprint density at radius 3 is 2.11 bits per heavy atom. The summed E-state index contributed by atoms with van der Waals surface area (Å²) in [6.45, 7) is 0. The summed E-state index contributed by atoms with van der Waals surface area (Å²) in [5, 5.41) is 10.7. The van der Waals surface area contributed by atoms with Crippen molar-refractivity contribution in [1.82, 2.24) is 4.98 Å². The van der Waals surface area contributed by atoms with E-state index in [0.717, 1.165) is 33.7 Å². The van der Waals surface area contributed by atoms with Crippen LogP contribution in [-0.2, 0) is 7.05 Å². The number of halogens is 1. The average molecular weight is 497 g/mol. The van der Waals surface area contributed by atoms with E-state index in [1.54, 1.807) is 18.3 Å². The molecule has 2 heterocycles. The number of hydrogen-bond donors (Lipinski definition) is 4. The van der Waals surface area contributed by atoms with Gasteiger partial charge in [0.1, 0.15) is 7.05 Å². The van der Waals surface area contributed by atoms with Crippen LogP contribution in [0.2, 0.25) is 0 Å². The molecule has 0 atom stereocenters. The summed E-state index contributed by atoms with van der Waals surface area (Å²) in [6.07, 6.45) is 5.69. The molecule has 5 N–H and O–H groups in total. The van der Waals surface area contributed by atoms with Gasteiger partial charge in [0.25, 0.3) is 5.91 Å². The van der Waals surface area contributed by atoms with Gasteiger partial charge >= 0.3 is 0 Å². The number of nitrogen functional groups attached to an aromatic ring is 1. The Balaban J connectivity index is 0.00000304. The van der Waals surface area contributed by atoms with Gasteiger partial charge in [0.05, 0.1) is 11.2 Å². The molecule has 180 valence electrons. The van der Waals surface area contributed by atoms with Gasteiger partial charge < -0.3 is 34.1 Å². The molecule has 8 heteroatoms. The van der Waals surface area contributed by atoms with Crippen LogP contribution in [0.15, 0.2) is 104 Å². The second-order valence-corrected chi connectivity index (χ2v) is 8.25. The highest BCUT2D eigenvalue weighted by Gasteiger charge is 2.08. The minimum absolute atomic E-state index is 0. The highest BCUT2D eigenvalue weighted by molar-refractivity contribution is 6.04. The zero-order chi connectivity index (χ0) is 24.2. The van der Waals surface area contributed by atoms with Gasteiger partial charge in [-0.05, 0) is 72.8 Å². The maximum Gasteiger partial charge on any atom is 0.255 e. The Bertz CT molecular complexity index is 1490. The minimum atomic E-state index is -0.165. The lowest BCUT2D eigenvalue weighted by molar-refractivity contribution is -0.671. The van der Waals surface area contributed by atoms with E-state index >= 15 is 0 Å². The number of nitrogens with two attached hydrogens (primary N) is 1. The number of aromatic nitrogens is 2. The second-order valence-electron chi connectivity index (χ2n) is 8.25. The molecule has 0 aliphatic rings. The fourth-order valence-corrected chi connectivity index (χ4v) is 3.73. The Morgan fingerprint density at radius 2 is 1.39 bits per heavy atom. The van der Waals surface area contributed by atoms with Gasteiger partial charge in [0.2, 0.25) is 0 Å². The van der Waals surface area contributed by atoms with Crippen LogP contribution in [0.5, 0.6) is 0 Å². The third kappa shape index (κ3) is 5.71. The van der Waals surface area contributed by atoms with Crippen molar-refractivity contribution in [3.05, 3.63) is 109 Å². The first-order valence-corrected chi connectivity index (χ1v) is 11.2. The number of rotatable bonds is 6. The zero-order valence-corrected chi connectivity index (χ0v) is 20.3. The molecule has 0 aliphatic heterocycles. The van der Waals surface area contributed by atoms with Crippen molar-refractivity contribution in [3.8, 4) is 0 Å². The van der Waals surface area contributed by atoms with Gasteiger partial charge in [0.15, 0.2) is 12.4 Å². The maximum atomic E-state index is 12.7. The van der Waals surface area contributed by atoms with Crippen LogP contribution in [0.1, 0.15) is 10.4 Å². The monoisotopic (exact) mass is 496 g/mol. The van der Waals surface area contributed by atoms with Gasteiger partial charge in [0, 0.05) is 57.7 Å². The van der Waals surface area contributed by atoms with Crippen LogP contribution in [0.3, 0.4) is 0 Å². The van der Waals surface area contributed by atoms with Gasteiger partial charge in [-0.2, -0.15) is 0 Å². The normalized spacial score (nSPS) is 10.4. The fourth-order valence-electron chi connectivity index (χ4n) is 3.73. The molecule has 0 aliphatic carbocycles. The molecule has 0 saturated heterocycles. The third-order valence-corrected chi connectivity index (χ3v) is 5.60. The van der Waals surface area contributed by atoms with Gasteiger partial charge in [-0.1, -0.05) is 0 Å². The Labute approximate surface area is 215 Å². The topological polar surface area (TPSA) is 96.0 Å². The lowest BCUT2D eigenvalue weighted by atomic mass is 10.1. The Hall–Kier alpha value is -4.62. The zero-order valence-electron chi connectivity index (χ0n) is 19.6. The number of fused-ring (bicyclic) bond motifs is 1. The minimum Gasteiger partial charge on any atom is -1.00 e. The van der Waals surface area contributed by atoms with Crippen molar-refractivity contribution in [1.29, 1.82) is 0 Å². The van der Waals surface area contributed by atoms with E-state index in [2.05, 4.69) is 20.9 Å². The van der Waals surface area contributed by atoms with E-state index < -0.39 is 0 Å². The third-order valence-electron chi connectivity index (χ3n) is 5.60. The van der Waals surface area contributed by atoms with Crippen molar-refractivity contribution >= 4 is 50.9 Å². The van der Waals surface area contributed by atoms with E-state index in [4.69, 9.17) is 5.73 Å². The van der Waals surface area contributed by atoms with Gasteiger partial charge in [-0.25, -0.2) is 4.57 Å². The molecule has 7 nitrogen and oxygen atoms in total. The molecule has 36 heavy (non-hydrogen) atoms. The lowest BCUT2D eigenvalue weighted by Crippen LogP contribution is -3.00. The Morgan fingerprint density at radius 1 is 0.778 bits per heavy atom. The van der Waals surface area contributed by atoms with Crippen LogP contribution < -0.4 is 38.7 Å². The maximum absolute atomic E-state index is 12.7. The van der Waals surface area contributed by atoms with Crippen molar-refractivity contribution in [2.75, 3.05) is 21.7 Å². The molecular weight excluding hydrogens is 472 g/mol. The largest absolute Gasteiger partial charge is 1.00 e. The molecule has 5 aromatic rings. The summed E-state index contributed by atoms with van der Waals surface area (Å²) in [6, 6.07) is 26.5. The quantitative estimate of drug-likeness (QED) is 0.214. The first kappa shape index (κ1) is 24.5. The number of nitrogens with one attached hydrogen (secondary N) is 3. The highest BCUT2D eigenvalue weighted by Crippen LogP contribution is 2.27. The molecule has 5 rings (SSSR count). The highest BCUT2D eigenvalue weighted by atomic mass is 35.5. The van der Waals surface area contributed by atoms with E-state index in [-0.39, 0.29) is 18.3 Å². The fraction of sp³-hybridized carbons (Fsp3) is 0.0357. The molecule has 0 radical (unpaired) electrons. The van der Waals surface area contributed by atoms with Gasteiger partial charge in [-0.15, -0.1) is 0 Å². The second kappa shape index (κ2) is 10.8. The molecule has 1 amide bonds. The van der Waals surface area contributed by atoms with Crippen molar-refractivity contribution in [3.63, 3.8) is 0 Å². The molecule has 2 aromatic heterocycles. The number of anilines is 6. The number of hydrogen-bond acceptors (Lipinski definition) is 5. The predicted octanol–water partition coefficient (Wildman–Crippen LogP) is 2.38. The standard InChI is InChI=1S/C28H24N6O.ClH/c1-34-16-13-24(14-17-34)31-21-5-2-19(3-6-21)28(35)33-23-9-7-22(8-10-23)32-26-12-15-30-27-18-20(29)4-11-25(26)27;/h2-18H,1H3,(H4,29,30,32,33,35);1H. The molecule has 0 spiro atoms. The van der Waals surface area contributed by atoms with E-state index in [0.29, 0.717) is 16.9 Å². The SMILES string of the molecule is C[n+]1ccc(Nc2ccc(C(=O)Nc3ccc(Nc4ccnc5cc(N)ccc45)cc3)cc2)cc1.[Cl-]. The Kier molecular flexibility index (Phi) is 7.32. The number of carbonyl (C=O) groups excluding carboxylic acids is 1. The summed E-state index contributed by atoms with van der Waals surface area (Å²) >= 11 is 0. The summed E-state index contributed by atoms with van der Waals surface area (Å²) in [4.78, 5) is 17.1. The van der Waals surface area contributed by atoms with Crippen LogP contribution >= 0.6 is 0 Å². The van der Waals surface area contributed by atoms with E-state index in [9.17, 15) is 4.79 Å². The summed E-state index contributed by atoms with van der Waals surface area (Å²) in [7, 11) is 1.97. The molecule has 0 bridgehead atoms.